The van der Waals surface area contributed by atoms with E-state index in [0.717, 1.165) is 6.92 Å². The predicted molar refractivity (Wildman–Crippen MR) is 73.2 cm³/mol. The summed E-state index contributed by atoms with van der Waals surface area (Å²) in [6, 6.07) is 3.23. The first kappa shape index (κ1) is 16.1. The van der Waals surface area contributed by atoms with E-state index in [1.54, 1.807) is 12.1 Å². The van der Waals surface area contributed by atoms with Gasteiger partial charge in [0.1, 0.15) is 6.10 Å². The summed E-state index contributed by atoms with van der Waals surface area (Å²) in [6.07, 6.45) is -2.39. The fourth-order valence-electron chi connectivity index (χ4n) is 2.05. The predicted octanol–water partition coefficient (Wildman–Crippen LogP) is 3.24. The van der Waals surface area contributed by atoms with Gasteiger partial charge in [-0.3, -0.25) is 4.79 Å². The second kappa shape index (κ2) is 5.84. The number of nitrogens with one attached hydrogen (secondary N) is 1. The van der Waals surface area contributed by atoms with Gasteiger partial charge in [0, 0.05) is 11.9 Å². The smallest absolute Gasteiger partial charge is 0.353 e. The number of halogens is 3. The van der Waals surface area contributed by atoms with Gasteiger partial charge in [0.25, 0.3) is 5.91 Å². The molecule has 1 aliphatic heterocycles. The summed E-state index contributed by atoms with van der Waals surface area (Å²) >= 11 is 1.40. The van der Waals surface area contributed by atoms with Crippen LogP contribution in [0.2, 0.25) is 0 Å². The van der Waals surface area contributed by atoms with Crippen molar-refractivity contribution in [3.8, 4) is 0 Å². The normalized spacial score (nSPS) is 25.9. The topological polar surface area (TPSA) is 51.2 Å². The molecule has 0 radical (unpaired) electrons. The lowest BCUT2D eigenvalue weighted by Crippen LogP contribution is -2.43. The molecule has 1 N–H and O–H groups in total. The first-order valence-electron chi connectivity index (χ1n) is 6.30. The maximum Gasteiger partial charge on any atom is 0.417 e. The molecule has 21 heavy (non-hydrogen) atoms. The van der Waals surface area contributed by atoms with Crippen molar-refractivity contribution >= 4 is 23.4 Å². The summed E-state index contributed by atoms with van der Waals surface area (Å²) < 4.78 is 43.5. The SMILES string of the molecule is CSc1cc(NC(=O)C2CCC(C)(C(F)(F)F)O2)ccn1. The molecule has 1 saturated heterocycles. The van der Waals surface area contributed by atoms with Crippen molar-refractivity contribution in [3.63, 3.8) is 0 Å². The van der Waals surface area contributed by atoms with E-state index < -0.39 is 23.8 Å². The standard InChI is InChI=1S/C13H15F3N2O2S/c1-12(13(14,15)16)5-3-9(20-12)11(19)18-8-4-6-17-10(7-8)21-2/h4,6-7,9H,3,5H2,1-2H3,(H,17,18,19). The quantitative estimate of drug-likeness (QED) is 0.869. The molecule has 116 valence electrons. The second-order valence-corrected chi connectivity index (χ2v) is 5.78. The van der Waals surface area contributed by atoms with E-state index in [1.165, 1.54) is 18.0 Å². The number of carbonyl (C=O) groups is 1. The van der Waals surface area contributed by atoms with Gasteiger partial charge < -0.3 is 10.1 Å². The maximum absolute atomic E-state index is 12.8. The van der Waals surface area contributed by atoms with Crippen molar-refractivity contribution in [1.29, 1.82) is 0 Å². The lowest BCUT2D eigenvalue weighted by Gasteiger charge is -2.27. The summed E-state index contributed by atoms with van der Waals surface area (Å²) in [7, 11) is 0. The van der Waals surface area contributed by atoms with Crippen molar-refractivity contribution in [2.24, 2.45) is 0 Å². The van der Waals surface area contributed by atoms with E-state index >= 15 is 0 Å². The average molecular weight is 320 g/mol. The lowest BCUT2D eigenvalue weighted by atomic mass is 10.0. The molecule has 8 heteroatoms. The zero-order chi connectivity index (χ0) is 15.7. The zero-order valence-electron chi connectivity index (χ0n) is 11.5. The molecule has 0 spiro atoms. The van der Waals surface area contributed by atoms with Crippen LogP contribution in [0, 0.1) is 0 Å². The van der Waals surface area contributed by atoms with Crippen LogP contribution in [0.3, 0.4) is 0 Å². The summed E-state index contributed by atoms with van der Waals surface area (Å²) in [5.74, 6) is -0.568. The Bertz CT molecular complexity index is 538. The number of ether oxygens (including phenoxy) is 1. The molecule has 2 atom stereocenters. The van der Waals surface area contributed by atoms with Crippen LogP contribution in [0.5, 0.6) is 0 Å². The van der Waals surface area contributed by atoms with E-state index in [-0.39, 0.29) is 12.8 Å². The van der Waals surface area contributed by atoms with Gasteiger partial charge in [0.2, 0.25) is 0 Å². The zero-order valence-corrected chi connectivity index (χ0v) is 12.3. The van der Waals surface area contributed by atoms with Crippen LogP contribution in [0.1, 0.15) is 19.8 Å². The van der Waals surface area contributed by atoms with Crippen molar-refractivity contribution < 1.29 is 22.7 Å². The summed E-state index contributed by atoms with van der Waals surface area (Å²) in [4.78, 5) is 16.0. The molecule has 0 bridgehead atoms. The summed E-state index contributed by atoms with van der Waals surface area (Å²) in [5, 5.41) is 3.27. The molecule has 1 aromatic heterocycles. The van der Waals surface area contributed by atoms with Crippen molar-refractivity contribution in [3.05, 3.63) is 18.3 Å². The minimum atomic E-state index is -4.48. The number of anilines is 1. The molecule has 1 aliphatic rings. The monoisotopic (exact) mass is 320 g/mol. The molecule has 1 aromatic rings. The Kier molecular flexibility index (Phi) is 4.48. The first-order chi connectivity index (χ1) is 9.75. The van der Waals surface area contributed by atoms with Crippen LogP contribution in [0.15, 0.2) is 23.4 Å². The van der Waals surface area contributed by atoms with Gasteiger partial charge in [-0.1, -0.05) is 0 Å². The van der Waals surface area contributed by atoms with Crippen LogP contribution >= 0.6 is 11.8 Å². The maximum atomic E-state index is 12.8. The number of amides is 1. The van der Waals surface area contributed by atoms with Crippen LogP contribution < -0.4 is 5.32 Å². The number of alkyl halides is 3. The highest BCUT2D eigenvalue weighted by molar-refractivity contribution is 7.98. The third-order valence-electron chi connectivity index (χ3n) is 3.39. The number of nitrogens with zero attached hydrogens (tertiary/aromatic N) is 1. The Balaban J connectivity index is 2.02. The highest BCUT2D eigenvalue weighted by Crippen LogP contribution is 2.43. The van der Waals surface area contributed by atoms with Gasteiger partial charge in [-0.05, 0) is 38.2 Å². The Morgan fingerprint density at radius 2 is 2.29 bits per heavy atom. The molecule has 2 rings (SSSR count). The van der Waals surface area contributed by atoms with Gasteiger partial charge in [-0.25, -0.2) is 4.98 Å². The molecule has 0 aliphatic carbocycles. The number of carbonyl (C=O) groups excluding carboxylic acids is 1. The molecule has 2 heterocycles. The van der Waals surface area contributed by atoms with E-state index in [4.69, 9.17) is 4.74 Å². The van der Waals surface area contributed by atoms with Gasteiger partial charge >= 0.3 is 6.18 Å². The van der Waals surface area contributed by atoms with E-state index in [0.29, 0.717) is 10.7 Å². The minimum absolute atomic E-state index is 0.0440. The molecular formula is C13H15F3N2O2S. The Morgan fingerprint density at radius 3 is 2.86 bits per heavy atom. The summed E-state index contributed by atoms with van der Waals surface area (Å²) in [6.45, 7) is 0.971. The van der Waals surface area contributed by atoms with E-state index in [1.807, 2.05) is 6.26 Å². The molecule has 2 unspecified atom stereocenters. The second-order valence-electron chi connectivity index (χ2n) is 4.95. The van der Waals surface area contributed by atoms with Crippen molar-refractivity contribution in [2.75, 3.05) is 11.6 Å². The fourth-order valence-corrected chi connectivity index (χ4v) is 2.46. The van der Waals surface area contributed by atoms with Gasteiger partial charge in [0.15, 0.2) is 5.60 Å². The lowest BCUT2D eigenvalue weighted by molar-refractivity contribution is -0.261. The average Bonchev–Trinajstić information content (AvgIpc) is 2.83. The number of hydrogen-bond donors (Lipinski definition) is 1. The van der Waals surface area contributed by atoms with Crippen molar-refractivity contribution in [1.82, 2.24) is 4.98 Å². The minimum Gasteiger partial charge on any atom is -0.353 e. The molecular weight excluding hydrogens is 305 g/mol. The van der Waals surface area contributed by atoms with Crippen molar-refractivity contribution in [2.45, 2.75) is 42.7 Å². The van der Waals surface area contributed by atoms with Crippen LogP contribution in [-0.4, -0.2) is 35.0 Å². The highest BCUT2D eigenvalue weighted by Gasteiger charge is 2.57. The Morgan fingerprint density at radius 1 is 1.57 bits per heavy atom. The highest BCUT2D eigenvalue weighted by atomic mass is 32.2. The number of pyridine rings is 1. The van der Waals surface area contributed by atoms with Crippen LogP contribution in [0.25, 0.3) is 0 Å². The van der Waals surface area contributed by atoms with Crippen LogP contribution in [-0.2, 0) is 9.53 Å². The Hall–Kier alpha value is -1.28. The number of hydrogen-bond acceptors (Lipinski definition) is 4. The fraction of sp³-hybridized carbons (Fsp3) is 0.538. The first-order valence-corrected chi connectivity index (χ1v) is 7.53. The molecule has 0 saturated carbocycles. The van der Waals surface area contributed by atoms with Gasteiger partial charge in [-0.2, -0.15) is 13.2 Å². The number of rotatable bonds is 3. The third-order valence-corrected chi connectivity index (χ3v) is 4.03. The van der Waals surface area contributed by atoms with E-state index in [2.05, 4.69) is 10.3 Å². The van der Waals surface area contributed by atoms with Crippen LogP contribution in [0.4, 0.5) is 18.9 Å². The molecule has 1 fully saturated rings. The number of aromatic nitrogens is 1. The largest absolute Gasteiger partial charge is 0.417 e. The van der Waals surface area contributed by atoms with Gasteiger partial charge in [-0.15, -0.1) is 11.8 Å². The third kappa shape index (κ3) is 3.49. The summed E-state index contributed by atoms with van der Waals surface area (Å²) in [5.41, 5.74) is -1.76. The molecule has 0 aromatic carbocycles. The number of thioether (sulfide) groups is 1. The van der Waals surface area contributed by atoms with E-state index in [9.17, 15) is 18.0 Å². The van der Waals surface area contributed by atoms with Gasteiger partial charge in [0.05, 0.1) is 5.03 Å². The molecule has 4 nitrogen and oxygen atoms in total. The Labute approximate surface area is 124 Å². The molecule has 1 amide bonds.